The normalized spacial score (nSPS) is 24.1. The quantitative estimate of drug-likeness (QED) is 0.884. The molecule has 0 radical (unpaired) electrons. The zero-order valence-corrected chi connectivity index (χ0v) is 14.3. The molecule has 0 spiro atoms. The summed E-state index contributed by atoms with van der Waals surface area (Å²) >= 11 is 3.71. The number of nitrogens with two attached hydrogens (primary N) is 1. The van der Waals surface area contributed by atoms with Crippen LogP contribution in [0.2, 0.25) is 0 Å². The third-order valence-corrected chi connectivity index (χ3v) is 5.27. The van der Waals surface area contributed by atoms with Gasteiger partial charge >= 0.3 is 0 Å². The van der Waals surface area contributed by atoms with Gasteiger partial charge in [0, 0.05) is 10.5 Å². The van der Waals surface area contributed by atoms with Crippen LogP contribution in [0.15, 0.2) is 28.7 Å². The summed E-state index contributed by atoms with van der Waals surface area (Å²) in [5.41, 5.74) is 7.82. The molecule has 112 valence electrons. The fourth-order valence-electron chi connectivity index (χ4n) is 3.20. The molecule has 3 atom stereocenters. The van der Waals surface area contributed by atoms with Crippen LogP contribution in [0.1, 0.15) is 51.1 Å². The van der Waals surface area contributed by atoms with Crippen molar-refractivity contribution < 1.29 is 0 Å². The van der Waals surface area contributed by atoms with Crippen molar-refractivity contribution in [2.75, 3.05) is 13.1 Å². The average molecular weight is 339 g/mol. The van der Waals surface area contributed by atoms with E-state index in [1.54, 1.807) is 0 Å². The van der Waals surface area contributed by atoms with Gasteiger partial charge in [-0.2, -0.15) is 0 Å². The van der Waals surface area contributed by atoms with Crippen LogP contribution in [0.25, 0.3) is 0 Å². The largest absolute Gasteiger partial charge is 0.326 e. The first-order valence-corrected chi connectivity index (χ1v) is 8.66. The SMILES string of the molecule is CCC(N)C(c1ccccc1Br)N1CCCC(C)CC1. The molecule has 1 heterocycles. The molecule has 2 rings (SSSR count). The summed E-state index contributed by atoms with van der Waals surface area (Å²) in [5.74, 6) is 0.845. The van der Waals surface area contributed by atoms with Gasteiger partial charge < -0.3 is 5.73 Å². The summed E-state index contributed by atoms with van der Waals surface area (Å²) in [6.45, 7) is 6.90. The van der Waals surface area contributed by atoms with E-state index in [2.05, 4.69) is 58.9 Å². The van der Waals surface area contributed by atoms with Crippen LogP contribution in [0, 0.1) is 5.92 Å². The molecule has 1 aromatic carbocycles. The summed E-state index contributed by atoms with van der Waals surface area (Å²) in [7, 11) is 0. The molecule has 3 unspecified atom stereocenters. The molecule has 0 aliphatic carbocycles. The molecule has 3 heteroatoms. The number of rotatable bonds is 4. The van der Waals surface area contributed by atoms with Gasteiger partial charge in [0.2, 0.25) is 0 Å². The molecular weight excluding hydrogens is 312 g/mol. The minimum atomic E-state index is 0.196. The van der Waals surface area contributed by atoms with Crippen LogP contribution in [-0.2, 0) is 0 Å². The van der Waals surface area contributed by atoms with Crippen LogP contribution in [0.3, 0.4) is 0 Å². The lowest BCUT2D eigenvalue weighted by atomic mass is 9.96. The van der Waals surface area contributed by atoms with Gasteiger partial charge in [-0.3, -0.25) is 4.90 Å². The topological polar surface area (TPSA) is 29.3 Å². The van der Waals surface area contributed by atoms with E-state index in [4.69, 9.17) is 5.73 Å². The van der Waals surface area contributed by atoms with Gasteiger partial charge in [0.05, 0.1) is 6.04 Å². The summed E-state index contributed by atoms with van der Waals surface area (Å²) in [6.07, 6.45) is 4.94. The van der Waals surface area contributed by atoms with Crippen LogP contribution in [-0.4, -0.2) is 24.0 Å². The lowest BCUT2D eigenvalue weighted by molar-refractivity contribution is 0.173. The van der Waals surface area contributed by atoms with Crippen molar-refractivity contribution >= 4 is 15.9 Å². The Labute approximate surface area is 131 Å². The second kappa shape index (κ2) is 7.58. The van der Waals surface area contributed by atoms with Gasteiger partial charge in [-0.25, -0.2) is 0 Å². The Morgan fingerprint density at radius 3 is 2.75 bits per heavy atom. The monoisotopic (exact) mass is 338 g/mol. The van der Waals surface area contributed by atoms with Crippen molar-refractivity contribution in [3.63, 3.8) is 0 Å². The lowest BCUT2D eigenvalue weighted by Crippen LogP contribution is -2.41. The predicted octanol–water partition coefficient (Wildman–Crippen LogP) is 4.35. The summed E-state index contributed by atoms with van der Waals surface area (Å²) in [4.78, 5) is 2.61. The minimum Gasteiger partial charge on any atom is -0.326 e. The van der Waals surface area contributed by atoms with E-state index in [-0.39, 0.29) is 6.04 Å². The molecule has 0 aromatic heterocycles. The molecular formula is C17H27BrN2. The smallest absolute Gasteiger partial charge is 0.0510 e. The lowest BCUT2D eigenvalue weighted by Gasteiger charge is -2.35. The van der Waals surface area contributed by atoms with E-state index in [1.165, 1.54) is 42.4 Å². The van der Waals surface area contributed by atoms with Crippen LogP contribution >= 0.6 is 15.9 Å². The highest BCUT2D eigenvalue weighted by Gasteiger charge is 2.28. The van der Waals surface area contributed by atoms with Crippen molar-refractivity contribution in [1.29, 1.82) is 0 Å². The molecule has 20 heavy (non-hydrogen) atoms. The van der Waals surface area contributed by atoms with E-state index in [0.717, 1.165) is 12.3 Å². The summed E-state index contributed by atoms with van der Waals surface area (Å²) in [6, 6.07) is 9.08. The highest BCUT2D eigenvalue weighted by molar-refractivity contribution is 9.10. The zero-order valence-electron chi connectivity index (χ0n) is 12.7. The third kappa shape index (κ3) is 3.84. The predicted molar refractivity (Wildman–Crippen MR) is 89.7 cm³/mol. The number of halogens is 1. The van der Waals surface area contributed by atoms with Crippen molar-refractivity contribution in [3.05, 3.63) is 34.3 Å². The highest BCUT2D eigenvalue weighted by atomic mass is 79.9. The Bertz CT molecular complexity index is 421. The first-order valence-electron chi connectivity index (χ1n) is 7.87. The second-order valence-electron chi connectivity index (χ2n) is 6.11. The van der Waals surface area contributed by atoms with Gasteiger partial charge in [0.25, 0.3) is 0 Å². The number of benzene rings is 1. The van der Waals surface area contributed by atoms with E-state index < -0.39 is 0 Å². The van der Waals surface area contributed by atoms with E-state index >= 15 is 0 Å². The molecule has 0 saturated carbocycles. The van der Waals surface area contributed by atoms with Crippen molar-refractivity contribution in [2.45, 2.75) is 51.6 Å². The molecule has 1 aliphatic rings. The fraction of sp³-hybridized carbons (Fsp3) is 0.647. The molecule has 1 saturated heterocycles. The van der Waals surface area contributed by atoms with Gasteiger partial charge in [0.1, 0.15) is 0 Å². The molecule has 1 aliphatic heterocycles. The standard InChI is InChI=1S/C17H27BrN2/c1-3-16(19)17(14-8-4-5-9-15(14)18)20-11-6-7-13(2)10-12-20/h4-5,8-9,13,16-17H,3,6-7,10-12,19H2,1-2H3. The number of nitrogens with zero attached hydrogens (tertiary/aromatic N) is 1. The van der Waals surface area contributed by atoms with Crippen molar-refractivity contribution in [3.8, 4) is 0 Å². The van der Waals surface area contributed by atoms with Crippen LogP contribution in [0.4, 0.5) is 0 Å². The Kier molecular flexibility index (Phi) is 6.06. The fourth-order valence-corrected chi connectivity index (χ4v) is 3.72. The van der Waals surface area contributed by atoms with Crippen LogP contribution < -0.4 is 5.73 Å². The molecule has 2 nitrogen and oxygen atoms in total. The van der Waals surface area contributed by atoms with Gasteiger partial charge in [0.15, 0.2) is 0 Å². The highest BCUT2D eigenvalue weighted by Crippen LogP contribution is 2.33. The zero-order chi connectivity index (χ0) is 14.5. The maximum Gasteiger partial charge on any atom is 0.0510 e. The Morgan fingerprint density at radius 2 is 2.05 bits per heavy atom. The number of hydrogen-bond acceptors (Lipinski definition) is 2. The summed E-state index contributed by atoms with van der Waals surface area (Å²) in [5, 5.41) is 0. The van der Waals surface area contributed by atoms with E-state index in [1.807, 2.05) is 0 Å². The molecule has 0 bridgehead atoms. The maximum absolute atomic E-state index is 6.47. The first kappa shape index (κ1) is 16.0. The van der Waals surface area contributed by atoms with E-state index in [9.17, 15) is 0 Å². The minimum absolute atomic E-state index is 0.196. The molecule has 2 N–H and O–H groups in total. The Balaban J connectivity index is 2.26. The van der Waals surface area contributed by atoms with Gasteiger partial charge in [-0.05, 0) is 56.3 Å². The Hall–Kier alpha value is -0.380. The molecule has 1 aromatic rings. The number of likely N-dealkylation sites (tertiary alicyclic amines) is 1. The van der Waals surface area contributed by atoms with Gasteiger partial charge in [-0.1, -0.05) is 48.0 Å². The third-order valence-electron chi connectivity index (χ3n) is 4.55. The summed E-state index contributed by atoms with van der Waals surface area (Å²) < 4.78 is 1.19. The average Bonchev–Trinajstić information content (AvgIpc) is 2.66. The van der Waals surface area contributed by atoms with Crippen LogP contribution in [0.5, 0.6) is 0 Å². The molecule has 1 fully saturated rings. The molecule has 0 amide bonds. The second-order valence-corrected chi connectivity index (χ2v) is 6.96. The maximum atomic E-state index is 6.47. The number of hydrogen-bond donors (Lipinski definition) is 1. The van der Waals surface area contributed by atoms with E-state index in [0.29, 0.717) is 6.04 Å². The first-order chi connectivity index (χ1) is 9.63. The van der Waals surface area contributed by atoms with Crippen molar-refractivity contribution in [1.82, 2.24) is 4.90 Å². The Morgan fingerprint density at radius 1 is 1.30 bits per heavy atom. The van der Waals surface area contributed by atoms with Gasteiger partial charge in [-0.15, -0.1) is 0 Å². The van der Waals surface area contributed by atoms with Crippen molar-refractivity contribution in [2.24, 2.45) is 11.7 Å².